The molecule has 596 valence electrons. The minimum Gasteiger partial charge on any atom is -0.438 e. The third-order valence-corrected chi connectivity index (χ3v) is 19.6. The van der Waals surface area contributed by atoms with E-state index in [-0.39, 0.29) is 46.2 Å². The van der Waals surface area contributed by atoms with Crippen molar-refractivity contribution in [1.29, 1.82) is 0 Å². The summed E-state index contributed by atoms with van der Waals surface area (Å²) < 4.78 is 226. The van der Waals surface area contributed by atoms with Crippen molar-refractivity contribution in [2.45, 2.75) is 215 Å². The Balaban J connectivity index is 1.26. The van der Waals surface area contributed by atoms with E-state index in [0.717, 1.165) is 0 Å². The predicted octanol–water partition coefficient (Wildman–Crippen LogP) is -1.44. The number of hydrogen-bond donors (Lipinski definition) is 0. The van der Waals surface area contributed by atoms with E-state index >= 15 is 0 Å². The predicted molar refractivity (Wildman–Crippen MR) is 342 cm³/mol. The molecule has 1 amide bonds. The number of carbonyl (C=O) groups is 1. The maximum Gasteiger partial charge on any atom is 0.409 e. The molecule has 21 saturated heterocycles. The second-order valence-corrected chi connectivity index (χ2v) is 25.5. The van der Waals surface area contributed by atoms with Gasteiger partial charge in [0.15, 0.2) is 50.1 Å². The third-order valence-electron chi connectivity index (χ3n) is 19.6. The second kappa shape index (κ2) is 41.6. The van der Waals surface area contributed by atoms with E-state index in [1.54, 1.807) is 0 Å². The highest BCUT2D eigenvalue weighted by atomic mass is 16.8. The average molecular weight is 1490 g/mol. The van der Waals surface area contributed by atoms with Crippen molar-refractivity contribution in [3.05, 3.63) is 0 Å². The maximum absolute atomic E-state index is 14.0. The summed E-state index contributed by atoms with van der Waals surface area (Å²) in [6, 6.07) is 0. The van der Waals surface area contributed by atoms with Gasteiger partial charge >= 0.3 is 6.09 Å². The molecule has 21 aliphatic heterocycles. The molecule has 14 bridgehead atoms. The number of ether oxygens (including phenoxy) is 35. The molecule has 0 aliphatic carbocycles. The van der Waals surface area contributed by atoms with Gasteiger partial charge in [0.25, 0.3) is 0 Å². The highest BCUT2D eigenvalue weighted by molar-refractivity contribution is 5.67. The summed E-state index contributed by atoms with van der Waals surface area (Å²) in [6.45, 7) is -0.590. The zero-order chi connectivity index (χ0) is 74.1. The summed E-state index contributed by atoms with van der Waals surface area (Å²) in [5.74, 6) is 0. The van der Waals surface area contributed by atoms with Gasteiger partial charge in [0, 0.05) is 156 Å². The quantitative estimate of drug-likeness (QED) is 0.0865. The van der Waals surface area contributed by atoms with E-state index in [2.05, 4.69) is 0 Å². The lowest BCUT2D eigenvalue weighted by Gasteiger charge is -2.52. The summed E-state index contributed by atoms with van der Waals surface area (Å²) >= 11 is 0. The molecule has 0 unspecified atom stereocenters. The van der Waals surface area contributed by atoms with Gasteiger partial charge in [0.05, 0.1) is 46.2 Å². The topological polar surface area (TPSA) is 343 Å². The zero-order valence-corrected chi connectivity index (χ0v) is 62.8. The lowest BCUT2D eigenvalue weighted by Crippen LogP contribution is -2.69. The Bertz CT molecular complexity index is 2360. The Morgan fingerprint density at radius 2 is 0.353 bits per heavy atom. The van der Waals surface area contributed by atoms with Gasteiger partial charge in [-0.25, -0.2) is 4.79 Å². The number of rotatable bonds is 28. The van der Waals surface area contributed by atoms with Gasteiger partial charge in [0.1, 0.15) is 165 Å². The summed E-state index contributed by atoms with van der Waals surface area (Å²) in [5.41, 5.74) is 0. The van der Waals surface area contributed by atoms with Crippen molar-refractivity contribution < 1.29 is 171 Å². The average Bonchev–Trinajstić information content (AvgIpc) is 0.767. The first-order valence-corrected chi connectivity index (χ1v) is 33.8. The van der Waals surface area contributed by atoms with Crippen molar-refractivity contribution >= 4 is 6.09 Å². The molecule has 0 aromatic carbocycles. The van der Waals surface area contributed by atoms with Crippen molar-refractivity contribution in [3.8, 4) is 0 Å². The fourth-order valence-electron chi connectivity index (χ4n) is 15.0. The molecule has 0 saturated carbocycles. The molecule has 35 atom stereocenters. The minimum atomic E-state index is -1.49. The molecular weight excluding hydrogens is 1370 g/mol. The van der Waals surface area contributed by atoms with Crippen LogP contribution in [-0.2, 0) is 166 Å². The van der Waals surface area contributed by atoms with E-state index in [1.165, 1.54) is 161 Å². The first-order valence-electron chi connectivity index (χ1n) is 33.8. The van der Waals surface area contributed by atoms with Crippen molar-refractivity contribution in [2.24, 2.45) is 0 Å². The molecule has 0 aromatic rings. The van der Waals surface area contributed by atoms with Gasteiger partial charge in [0.2, 0.25) is 0 Å². The molecule has 102 heavy (non-hydrogen) atoms. The Morgan fingerprint density at radius 1 is 0.216 bits per heavy atom. The molecule has 37 heteroatoms. The van der Waals surface area contributed by atoms with Crippen LogP contribution in [0, 0.1) is 0 Å². The van der Waals surface area contributed by atoms with Crippen LogP contribution < -0.4 is 0 Å². The third kappa shape index (κ3) is 18.8. The SMILES string of the molecule is COC[C@H]1O[C@@H]2O[C@H]3[C@H](OC)[C@@H](OC)[C@@H](O[C@H]4[C@H](OC)[C@@H](OC)[C@@H](O[C@H]5[C@H](OC)[C@@H](OC)[C@@H](O[C@H]6[C@H](OC)[C@@H](OC(=O)N(C)C)[C@@H](O[C@H]7[C@H](OC)[C@@H](OC)[C@@H](O[C@H]8[C@H](OC)[C@@H](OC)[C@@H](O[C@H]1[C@H](OC)[C@H]2OC)O[C@@H]8COC)O[C@@H]7COC)O[C@@H]6COC)O[C@@H]5COC)O[C@@H]4COC)O[C@@H]3COC. The summed E-state index contributed by atoms with van der Waals surface area (Å²) in [7, 11) is 32.7. The Labute approximate surface area is 597 Å². The smallest absolute Gasteiger partial charge is 0.409 e. The molecule has 21 rings (SSSR count). The lowest BCUT2D eigenvalue weighted by molar-refractivity contribution is -0.402. The van der Waals surface area contributed by atoms with Gasteiger partial charge in [-0.3, -0.25) is 0 Å². The largest absolute Gasteiger partial charge is 0.438 e. The van der Waals surface area contributed by atoms with Gasteiger partial charge in [-0.2, -0.15) is 0 Å². The molecule has 37 nitrogen and oxygen atoms in total. The van der Waals surface area contributed by atoms with E-state index in [1.807, 2.05) is 0 Å². The summed E-state index contributed by atoms with van der Waals surface area (Å²) in [6.07, 6.45) is -39.5. The fraction of sp³-hybridized carbons (Fsp3) is 0.985. The van der Waals surface area contributed by atoms with Crippen LogP contribution >= 0.6 is 0 Å². The number of nitrogens with zero attached hydrogens (tertiary/aromatic N) is 1. The van der Waals surface area contributed by atoms with Crippen LogP contribution in [0.3, 0.4) is 0 Å². The molecule has 0 spiro atoms. The molecule has 0 N–H and O–H groups in total. The highest BCUT2D eigenvalue weighted by Crippen LogP contribution is 2.43. The van der Waals surface area contributed by atoms with Gasteiger partial charge in [-0.15, -0.1) is 0 Å². The summed E-state index contributed by atoms with van der Waals surface area (Å²) in [4.78, 5) is 15.2. The summed E-state index contributed by atoms with van der Waals surface area (Å²) in [5, 5.41) is 0. The van der Waals surface area contributed by atoms with Crippen LogP contribution in [0.1, 0.15) is 0 Å². The van der Waals surface area contributed by atoms with Crippen molar-refractivity contribution in [3.63, 3.8) is 0 Å². The standard InChI is InChI=1S/C65H115NO36/c1-66(2)65(67)102-57-50(81-16)43-36(29-74-9)94-64(57)101-42-35(28-73-8)93-62(56(87-22)49(42)80-15)99-40-33(26-71-6)91-60(54(85-20)47(40)78-13)97-38-31(24-69-4)89-58(52(83-18)45(38)76-11)95-37-30(23-68-3)88-59(51(82-17)44(37)75-10)96-39-32(25-70-5)90-61(53(84-19)46(39)77-12)98-41-34(27-72-7)92-63(100-43)55(86-21)48(41)79-14/h30-64H,23-29H2,1-22H3/t30-,31-,32-,33-,34-,35-,36-,37-,38-,39-,40-,41-,42-,43-,44+,45+,46+,47+,48+,49+,50+,51-,52-,53-,54-,55-,56-,57-,58-,59-,60-,61-,62-,63-,64-/m1/s1. The van der Waals surface area contributed by atoms with E-state index in [4.69, 9.17) is 166 Å². The van der Waals surface area contributed by atoms with Crippen LogP contribution in [0.15, 0.2) is 0 Å². The first kappa shape index (κ1) is 85.5. The van der Waals surface area contributed by atoms with Crippen LogP contribution in [0.2, 0.25) is 0 Å². The second-order valence-electron chi connectivity index (χ2n) is 25.5. The number of amides is 1. The van der Waals surface area contributed by atoms with Crippen molar-refractivity contribution in [2.75, 3.05) is 203 Å². The molecule has 21 fully saturated rings. The fourth-order valence-corrected chi connectivity index (χ4v) is 15.0. The normalized spacial score (nSPS) is 44.6. The maximum atomic E-state index is 14.0. The number of methoxy groups -OCH3 is 20. The molecular formula is C65H115NO36. The van der Waals surface area contributed by atoms with E-state index in [0.29, 0.717) is 0 Å². The monoisotopic (exact) mass is 1490 g/mol. The molecule has 0 aromatic heterocycles. The molecule has 21 heterocycles. The van der Waals surface area contributed by atoms with Gasteiger partial charge < -0.3 is 171 Å². The highest BCUT2D eigenvalue weighted by Gasteiger charge is 2.62. The Kier molecular flexibility index (Phi) is 34.9. The van der Waals surface area contributed by atoms with E-state index < -0.39 is 221 Å². The number of carbonyl (C=O) groups excluding carboxylic acids is 1. The minimum absolute atomic E-state index is 0.0529. The van der Waals surface area contributed by atoms with Crippen LogP contribution in [0.25, 0.3) is 0 Å². The first-order chi connectivity index (χ1) is 49.5. The number of hydrogen-bond acceptors (Lipinski definition) is 36. The van der Waals surface area contributed by atoms with Crippen LogP contribution in [0.5, 0.6) is 0 Å². The Hall–Kier alpha value is -2.09. The zero-order valence-electron chi connectivity index (χ0n) is 62.8. The lowest BCUT2D eigenvalue weighted by atomic mass is 9.94. The van der Waals surface area contributed by atoms with Gasteiger partial charge in [-0.1, -0.05) is 0 Å². The van der Waals surface area contributed by atoms with Crippen molar-refractivity contribution in [1.82, 2.24) is 4.90 Å². The van der Waals surface area contributed by atoms with Crippen LogP contribution in [0.4, 0.5) is 4.79 Å². The van der Waals surface area contributed by atoms with Crippen LogP contribution in [-0.4, -0.2) is 428 Å². The van der Waals surface area contributed by atoms with E-state index in [9.17, 15) is 4.79 Å². The molecule has 21 aliphatic rings. The van der Waals surface area contributed by atoms with Gasteiger partial charge in [-0.05, 0) is 0 Å². The Morgan fingerprint density at radius 3 is 0.480 bits per heavy atom. The molecule has 0 radical (unpaired) electrons.